The highest BCUT2D eigenvalue weighted by atomic mass is 32.2. The highest BCUT2D eigenvalue weighted by Crippen LogP contribution is 2.32. The number of sulfone groups is 1. The maximum absolute atomic E-state index is 13.2. The summed E-state index contributed by atoms with van der Waals surface area (Å²) >= 11 is 0. The summed E-state index contributed by atoms with van der Waals surface area (Å²) in [6.45, 7) is 2.28. The molecule has 0 saturated heterocycles. The van der Waals surface area contributed by atoms with Gasteiger partial charge in [-0.15, -0.1) is 0 Å². The predicted octanol–water partition coefficient (Wildman–Crippen LogP) is 1.59. The highest BCUT2D eigenvalue weighted by molar-refractivity contribution is 7.91. The molecule has 1 N–H and O–H groups in total. The summed E-state index contributed by atoms with van der Waals surface area (Å²) in [4.78, 5) is 5.27. The van der Waals surface area contributed by atoms with Crippen LogP contribution in [0.25, 0.3) is 0 Å². The molecular weight excluding hydrogens is 245 g/mol. The average molecular weight is 259 g/mol. The van der Waals surface area contributed by atoms with Gasteiger partial charge in [-0.1, -0.05) is 0 Å². The second kappa shape index (κ2) is 4.72. The molecule has 0 spiro atoms. The van der Waals surface area contributed by atoms with Gasteiger partial charge in [0, 0.05) is 0 Å². The molecule has 0 fully saturated rings. The smallest absolute Gasteiger partial charge is 0.178 e. The molecule has 1 heterocycles. The van der Waals surface area contributed by atoms with Crippen LogP contribution < -0.4 is 5.48 Å². The predicted molar refractivity (Wildman–Crippen MR) is 60.6 cm³/mol. The molecule has 1 unspecified atom stereocenters. The van der Waals surface area contributed by atoms with E-state index < -0.39 is 15.7 Å². The Morgan fingerprint density at radius 3 is 3.00 bits per heavy atom. The van der Waals surface area contributed by atoms with Crippen molar-refractivity contribution in [3.8, 4) is 0 Å². The van der Waals surface area contributed by atoms with Gasteiger partial charge in [0.1, 0.15) is 5.82 Å². The second-order valence-corrected chi connectivity index (χ2v) is 5.97. The SMILES string of the molecule is CCONC1CCS(=O)(=O)c2ccc(F)cc21. The van der Waals surface area contributed by atoms with E-state index in [-0.39, 0.29) is 16.7 Å². The van der Waals surface area contributed by atoms with Crippen molar-refractivity contribution in [2.45, 2.75) is 24.3 Å². The molecular formula is C11H14FNO3S. The van der Waals surface area contributed by atoms with Gasteiger partial charge in [0.15, 0.2) is 9.84 Å². The van der Waals surface area contributed by atoms with E-state index in [2.05, 4.69) is 5.48 Å². The molecule has 17 heavy (non-hydrogen) atoms. The third-order valence-electron chi connectivity index (χ3n) is 2.73. The third-order valence-corrected chi connectivity index (χ3v) is 4.54. The van der Waals surface area contributed by atoms with Crippen LogP contribution in [0.5, 0.6) is 0 Å². The van der Waals surface area contributed by atoms with Crippen LogP contribution in [0.2, 0.25) is 0 Å². The highest BCUT2D eigenvalue weighted by Gasteiger charge is 2.30. The van der Waals surface area contributed by atoms with Crippen molar-refractivity contribution in [3.63, 3.8) is 0 Å². The van der Waals surface area contributed by atoms with Crippen molar-refractivity contribution in [2.24, 2.45) is 0 Å². The zero-order valence-corrected chi connectivity index (χ0v) is 10.3. The molecule has 1 atom stereocenters. The van der Waals surface area contributed by atoms with E-state index in [0.29, 0.717) is 18.6 Å². The molecule has 0 radical (unpaired) electrons. The zero-order chi connectivity index (χ0) is 12.5. The number of hydrogen-bond acceptors (Lipinski definition) is 4. The average Bonchev–Trinajstić information content (AvgIpc) is 2.28. The third kappa shape index (κ3) is 2.48. The lowest BCUT2D eigenvalue weighted by Crippen LogP contribution is -2.30. The van der Waals surface area contributed by atoms with Crippen molar-refractivity contribution < 1.29 is 17.6 Å². The minimum atomic E-state index is -3.28. The Labute approximate surface area is 99.7 Å². The van der Waals surface area contributed by atoms with Crippen LogP contribution in [0, 0.1) is 5.82 Å². The van der Waals surface area contributed by atoms with Crippen LogP contribution in [0.15, 0.2) is 23.1 Å². The van der Waals surface area contributed by atoms with Crippen LogP contribution in [0.4, 0.5) is 4.39 Å². The number of hydroxylamine groups is 1. The standard InChI is InChI=1S/C11H14FNO3S/c1-2-16-13-10-5-6-17(14,15)11-4-3-8(12)7-9(10)11/h3-4,7,10,13H,2,5-6H2,1H3. The molecule has 1 aliphatic rings. The van der Waals surface area contributed by atoms with Gasteiger partial charge in [0.05, 0.1) is 23.3 Å². The molecule has 4 nitrogen and oxygen atoms in total. The van der Waals surface area contributed by atoms with Gasteiger partial charge < -0.3 is 4.84 Å². The van der Waals surface area contributed by atoms with E-state index in [1.807, 2.05) is 6.92 Å². The maximum atomic E-state index is 13.2. The van der Waals surface area contributed by atoms with E-state index in [1.54, 1.807) is 0 Å². The van der Waals surface area contributed by atoms with Crippen LogP contribution in [0.1, 0.15) is 24.9 Å². The minimum Gasteiger partial charge on any atom is -0.302 e. The molecule has 1 aromatic rings. The summed E-state index contributed by atoms with van der Waals surface area (Å²) in [5.74, 6) is -0.389. The summed E-state index contributed by atoms with van der Waals surface area (Å²) in [5, 5.41) is 0. The summed E-state index contributed by atoms with van der Waals surface area (Å²) in [5.41, 5.74) is 3.21. The molecule has 94 valence electrons. The van der Waals surface area contributed by atoms with Gasteiger partial charge in [0.25, 0.3) is 0 Å². The fourth-order valence-corrected chi connectivity index (χ4v) is 3.52. The Hall–Kier alpha value is -0.980. The van der Waals surface area contributed by atoms with Crippen LogP contribution in [0.3, 0.4) is 0 Å². The van der Waals surface area contributed by atoms with E-state index in [1.165, 1.54) is 18.2 Å². The van der Waals surface area contributed by atoms with Crippen molar-refractivity contribution in [3.05, 3.63) is 29.6 Å². The zero-order valence-electron chi connectivity index (χ0n) is 9.44. The Morgan fingerprint density at radius 2 is 2.29 bits per heavy atom. The number of benzene rings is 1. The monoisotopic (exact) mass is 259 g/mol. The molecule has 0 aromatic heterocycles. The van der Waals surface area contributed by atoms with E-state index in [0.717, 1.165) is 0 Å². The van der Waals surface area contributed by atoms with Crippen LogP contribution >= 0.6 is 0 Å². The molecule has 0 saturated carbocycles. The molecule has 0 amide bonds. The fraction of sp³-hybridized carbons (Fsp3) is 0.455. The fourth-order valence-electron chi connectivity index (χ4n) is 1.92. The van der Waals surface area contributed by atoms with Gasteiger partial charge in [-0.25, -0.2) is 12.8 Å². The first-order chi connectivity index (χ1) is 8.04. The van der Waals surface area contributed by atoms with E-state index in [4.69, 9.17) is 4.84 Å². The van der Waals surface area contributed by atoms with Gasteiger partial charge >= 0.3 is 0 Å². The lowest BCUT2D eigenvalue weighted by atomic mass is 10.0. The number of fused-ring (bicyclic) bond motifs is 1. The van der Waals surface area contributed by atoms with Crippen LogP contribution in [-0.2, 0) is 14.7 Å². The van der Waals surface area contributed by atoms with Crippen molar-refractivity contribution in [1.29, 1.82) is 0 Å². The molecule has 2 rings (SSSR count). The lowest BCUT2D eigenvalue weighted by molar-refractivity contribution is 0.0219. The number of halogens is 1. The van der Waals surface area contributed by atoms with E-state index in [9.17, 15) is 12.8 Å². The number of hydrogen-bond donors (Lipinski definition) is 1. The van der Waals surface area contributed by atoms with Gasteiger partial charge in [-0.05, 0) is 37.1 Å². The Balaban J connectivity index is 2.42. The molecule has 0 aliphatic carbocycles. The second-order valence-electron chi connectivity index (χ2n) is 3.89. The van der Waals surface area contributed by atoms with Crippen molar-refractivity contribution >= 4 is 9.84 Å². The molecule has 1 aliphatic heterocycles. The molecule has 6 heteroatoms. The Bertz CT molecular complexity index is 515. The maximum Gasteiger partial charge on any atom is 0.178 e. The summed E-state index contributed by atoms with van der Waals surface area (Å²) in [6, 6.07) is 3.46. The first-order valence-electron chi connectivity index (χ1n) is 5.44. The minimum absolute atomic E-state index is 0.0520. The molecule has 0 bridgehead atoms. The number of rotatable bonds is 3. The normalized spacial score (nSPS) is 22.1. The van der Waals surface area contributed by atoms with Gasteiger partial charge in [-0.2, -0.15) is 5.48 Å². The quantitative estimate of drug-likeness (QED) is 0.661. The Kier molecular flexibility index (Phi) is 3.46. The Morgan fingerprint density at radius 1 is 1.53 bits per heavy atom. The topological polar surface area (TPSA) is 55.4 Å². The summed E-state index contributed by atoms with van der Waals surface area (Å²) < 4.78 is 36.8. The van der Waals surface area contributed by atoms with Crippen molar-refractivity contribution in [2.75, 3.05) is 12.4 Å². The largest absolute Gasteiger partial charge is 0.302 e. The first-order valence-corrected chi connectivity index (χ1v) is 7.09. The first kappa shape index (κ1) is 12.5. The summed E-state index contributed by atoms with van der Waals surface area (Å²) in [7, 11) is -3.28. The summed E-state index contributed by atoms with van der Waals surface area (Å²) in [6.07, 6.45) is 0.388. The molecule has 1 aromatic carbocycles. The van der Waals surface area contributed by atoms with Gasteiger partial charge in [0.2, 0.25) is 0 Å². The lowest BCUT2D eigenvalue weighted by Gasteiger charge is -2.25. The van der Waals surface area contributed by atoms with Crippen LogP contribution in [-0.4, -0.2) is 20.8 Å². The van der Waals surface area contributed by atoms with Crippen molar-refractivity contribution in [1.82, 2.24) is 5.48 Å². The van der Waals surface area contributed by atoms with Gasteiger partial charge in [-0.3, -0.25) is 0 Å². The van der Waals surface area contributed by atoms with E-state index >= 15 is 0 Å². The number of nitrogens with one attached hydrogen (secondary N) is 1.